The molecule has 10 heavy (non-hydrogen) atoms. The van der Waals surface area contributed by atoms with Crippen molar-refractivity contribution in [2.75, 3.05) is 7.05 Å². The van der Waals surface area contributed by atoms with Crippen LogP contribution in [0.2, 0.25) is 0 Å². The third kappa shape index (κ3) is 1.69. The summed E-state index contributed by atoms with van der Waals surface area (Å²) in [5.74, 6) is 0. The molecule has 0 atom stereocenters. The first-order valence-electron chi connectivity index (χ1n) is 3.32. The lowest BCUT2D eigenvalue weighted by atomic mass is 10.2. The van der Waals surface area contributed by atoms with E-state index in [2.05, 4.69) is 24.0 Å². The predicted octanol–water partition coefficient (Wildman–Crippen LogP) is 2.04. The van der Waals surface area contributed by atoms with E-state index in [0.29, 0.717) is 0 Å². The minimum Gasteiger partial charge on any atom is -0.296 e. The molecule has 1 nitrogen and oxygen atoms in total. The Morgan fingerprint density at radius 2 is 2.20 bits per heavy atom. The van der Waals surface area contributed by atoms with Gasteiger partial charge >= 0.3 is 0 Å². The summed E-state index contributed by atoms with van der Waals surface area (Å²) >= 11 is 0. The molecule has 0 aromatic heterocycles. The number of rotatable bonds is 1. The van der Waals surface area contributed by atoms with Gasteiger partial charge in [0.15, 0.2) is 0 Å². The zero-order chi connectivity index (χ0) is 7.40. The molecule has 0 radical (unpaired) electrons. The summed E-state index contributed by atoms with van der Waals surface area (Å²) in [5, 5.41) is 0. The van der Waals surface area contributed by atoms with E-state index in [0.717, 1.165) is 0 Å². The number of hydrogen-bond acceptors (Lipinski definition) is 1. The Morgan fingerprint density at radius 1 is 1.40 bits per heavy atom. The molecule has 0 unspecified atom stereocenters. The molecule has 1 aromatic carbocycles. The Labute approximate surface area is 61.4 Å². The van der Waals surface area contributed by atoms with Crippen molar-refractivity contribution in [3.8, 4) is 0 Å². The molecule has 0 spiro atoms. The van der Waals surface area contributed by atoms with Gasteiger partial charge in [0.1, 0.15) is 0 Å². The highest BCUT2D eigenvalue weighted by Crippen LogP contribution is 2.00. The van der Waals surface area contributed by atoms with E-state index in [4.69, 9.17) is 0 Å². The van der Waals surface area contributed by atoms with Crippen molar-refractivity contribution in [1.82, 2.24) is 0 Å². The molecule has 1 aromatic rings. The molecule has 0 heterocycles. The second kappa shape index (κ2) is 3.16. The highest BCUT2D eigenvalue weighted by atomic mass is 14.6. The summed E-state index contributed by atoms with van der Waals surface area (Å²) < 4.78 is 0. The zero-order valence-corrected chi connectivity index (χ0v) is 6.33. The van der Waals surface area contributed by atoms with E-state index in [1.54, 1.807) is 7.05 Å². The lowest BCUT2D eigenvalue weighted by molar-refractivity contribution is 1.43. The molecule has 0 aliphatic rings. The summed E-state index contributed by atoms with van der Waals surface area (Å²) in [6.07, 6.45) is 1.85. The van der Waals surface area contributed by atoms with Crippen LogP contribution in [0.3, 0.4) is 0 Å². The van der Waals surface area contributed by atoms with Gasteiger partial charge in [-0.05, 0) is 12.5 Å². The summed E-state index contributed by atoms with van der Waals surface area (Å²) in [4.78, 5) is 3.92. The predicted molar refractivity (Wildman–Crippen MR) is 44.7 cm³/mol. The van der Waals surface area contributed by atoms with Crippen molar-refractivity contribution < 1.29 is 0 Å². The van der Waals surface area contributed by atoms with E-state index in [1.807, 2.05) is 18.3 Å². The monoisotopic (exact) mass is 133 g/mol. The van der Waals surface area contributed by atoms with Crippen molar-refractivity contribution in [1.29, 1.82) is 0 Å². The van der Waals surface area contributed by atoms with Gasteiger partial charge in [-0.25, -0.2) is 0 Å². The van der Waals surface area contributed by atoms with Crippen LogP contribution in [0.1, 0.15) is 11.1 Å². The van der Waals surface area contributed by atoms with Gasteiger partial charge in [-0.3, -0.25) is 4.99 Å². The molecule has 1 rings (SSSR count). The standard InChI is InChI=1S/C9H11N/c1-8-4-3-5-9(6-8)7-10-2/h3-7H,1-2H3. The molecule has 1 heteroatoms. The maximum Gasteiger partial charge on any atom is 0.0281 e. The molecular formula is C9H11N. The van der Waals surface area contributed by atoms with Crippen molar-refractivity contribution in [3.63, 3.8) is 0 Å². The van der Waals surface area contributed by atoms with E-state index in [9.17, 15) is 0 Å². The van der Waals surface area contributed by atoms with Crippen molar-refractivity contribution >= 4 is 6.21 Å². The third-order valence-electron chi connectivity index (χ3n) is 1.32. The quantitative estimate of drug-likeness (QED) is 0.520. The van der Waals surface area contributed by atoms with Gasteiger partial charge in [0.05, 0.1) is 0 Å². The minimum atomic E-state index is 1.17. The summed E-state index contributed by atoms with van der Waals surface area (Å²) in [6, 6.07) is 8.26. The molecule has 0 amide bonds. The van der Waals surface area contributed by atoms with Gasteiger partial charge in [-0.1, -0.05) is 29.8 Å². The van der Waals surface area contributed by atoms with E-state index >= 15 is 0 Å². The maximum absolute atomic E-state index is 3.92. The molecule has 0 bridgehead atoms. The number of benzene rings is 1. The highest BCUT2D eigenvalue weighted by molar-refractivity contribution is 5.79. The van der Waals surface area contributed by atoms with Crippen LogP contribution >= 0.6 is 0 Å². The van der Waals surface area contributed by atoms with Crippen molar-refractivity contribution in [2.24, 2.45) is 4.99 Å². The largest absolute Gasteiger partial charge is 0.296 e. The minimum absolute atomic E-state index is 1.17. The Morgan fingerprint density at radius 3 is 2.80 bits per heavy atom. The van der Waals surface area contributed by atoms with E-state index in [-0.39, 0.29) is 0 Å². The number of aliphatic imine (C=N–C) groups is 1. The first-order valence-corrected chi connectivity index (χ1v) is 3.32. The smallest absolute Gasteiger partial charge is 0.0281 e. The summed E-state index contributed by atoms with van der Waals surface area (Å²) in [6.45, 7) is 2.08. The van der Waals surface area contributed by atoms with Gasteiger partial charge in [0.2, 0.25) is 0 Å². The van der Waals surface area contributed by atoms with Gasteiger partial charge in [0.25, 0.3) is 0 Å². The first kappa shape index (κ1) is 7.00. The fraction of sp³-hybridized carbons (Fsp3) is 0.222. The lowest BCUT2D eigenvalue weighted by Crippen LogP contribution is -1.80. The zero-order valence-electron chi connectivity index (χ0n) is 6.33. The van der Waals surface area contributed by atoms with Gasteiger partial charge in [-0.2, -0.15) is 0 Å². The second-order valence-electron chi connectivity index (χ2n) is 2.30. The average Bonchev–Trinajstić information content (AvgIpc) is 1.88. The average molecular weight is 133 g/mol. The Hall–Kier alpha value is -1.11. The summed E-state index contributed by atoms with van der Waals surface area (Å²) in [5.41, 5.74) is 2.44. The fourth-order valence-corrected chi connectivity index (χ4v) is 0.899. The molecule has 0 saturated carbocycles. The van der Waals surface area contributed by atoms with E-state index < -0.39 is 0 Å². The normalized spacial score (nSPS) is 10.6. The van der Waals surface area contributed by atoms with Crippen LogP contribution in [0.4, 0.5) is 0 Å². The van der Waals surface area contributed by atoms with Crippen molar-refractivity contribution in [2.45, 2.75) is 6.92 Å². The third-order valence-corrected chi connectivity index (χ3v) is 1.32. The van der Waals surface area contributed by atoms with Crippen LogP contribution in [-0.4, -0.2) is 13.3 Å². The SMILES string of the molecule is CN=Cc1cccc(C)c1. The van der Waals surface area contributed by atoms with Crippen LogP contribution in [0.25, 0.3) is 0 Å². The highest BCUT2D eigenvalue weighted by Gasteiger charge is 1.85. The molecule has 0 aliphatic heterocycles. The number of nitrogens with zero attached hydrogens (tertiary/aromatic N) is 1. The number of hydrogen-bond donors (Lipinski definition) is 0. The molecule has 0 fully saturated rings. The van der Waals surface area contributed by atoms with Gasteiger partial charge < -0.3 is 0 Å². The molecule has 0 aliphatic carbocycles. The van der Waals surface area contributed by atoms with Crippen LogP contribution < -0.4 is 0 Å². The van der Waals surface area contributed by atoms with Crippen LogP contribution in [-0.2, 0) is 0 Å². The molecule has 52 valence electrons. The topological polar surface area (TPSA) is 12.4 Å². The molecule has 0 N–H and O–H groups in total. The fourth-order valence-electron chi connectivity index (χ4n) is 0.899. The second-order valence-corrected chi connectivity index (χ2v) is 2.30. The maximum atomic E-state index is 3.92. The lowest BCUT2D eigenvalue weighted by Gasteiger charge is -1.92. The van der Waals surface area contributed by atoms with Gasteiger partial charge in [-0.15, -0.1) is 0 Å². The first-order chi connectivity index (χ1) is 4.83. The van der Waals surface area contributed by atoms with Crippen molar-refractivity contribution in [3.05, 3.63) is 35.4 Å². The van der Waals surface area contributed by atoms with E-state index in [1.165, 1.54) is 11.1 Å². The number of aryl methyl sites for hydroxylation is 1. The van der Waals surface area contributed by atoms with Crippen LogP contribution in [0.15, 0.2) is 29.3 Å². The summed E-state index contributed by atoms with van der Waals surface area (Å²) in [7, 11) is 1.78. The Bertz CT molecular complexity index is 238. The van der Waals surface area contributed by atoms with Gasteiger partial charge in [0, 0.05) is 13.3 Å². The molecular weight excluding hydrogens is 122 g/mol. The Kier molecular flexibility index (Phi) is 2.21. The van der Waals surface area contributed by atoms with Crippen LogP contribution in [0.5, 0.6) is 0 Å². The van der Waals surface area contributed by atoms with Crippen LogP contribution in [0, 0.1) is 6.92 Å². The Balaban J connectivity index is 2.95. The molecule has 0 saturated heterocycles.